The normalized spacial score (nSPS) is 20.4. The number of carbonyl (C=O) groups is 1. The molecule has 1 saturated heterocycles. The number of rotatable bonds is 48. The molecule has 1 aliphatic heterocycles. The smallest absolute Gasteiger partial charge is 0.249 e. The number of carbonyl (C=O) groups excluding carboxylic acids is 1. The molecule has 65 heavy (non-hydrogen) atoms. The van der Waals surface area contributed by atoms with Crippen LogP contribution < -0.4 is 5.32 Å². The van der Waals surface area contributed by atoms with E-state index in [-0.39, 0.29) is 6.61 Å². The van der Waals surface area contributed by atoms with Crippen LogP contribution in [0.1, 0.15) is 271 Å². The summed E-state index contributed by atoms with van der Waals surface area (Å²) >= 11 is 0. The first-order chi connectivity index (χ1) is 31.8. The van der Waals surface area contributed by atoms with E-state index in [4.69, 9.17) is 9.47 Å². The van der Waals surface area contributed by atoms with Crippen molar-refractivity contribution in [2.45, 2.75) is 320 Å². The lowest BCUT2D eigenvalue weighted by Crippen LogP contribution is -2.60. The molecule has 7 N–H and O–H groups in total. The molecule has 10 heteroatoms. The molecule has 0 aliphatic carbocycles. The van der Waals surface area contributed by atoms with Crippen molar-refractivity contribution >= 4 is 5.91 Å². The van der Waals surface area contributed by atoms with Gasteiger partial charge in [-0.3, -0.25) is 4.79 Å². The van der Waals surface area contributed by atoms with Crippen LogP contribution in [0.4, 0.5) is 0 Å². The minimum atomic E-state index is -1.61. The van der Waals surface area contributed by atoms with Crippen LogP contribution in [0.2, 0.25) is 0 Å². The average Bonchev–Trinajstić information content (AvgIpc) is 3.31. The molecule has 8 atom stereocenters. The monoisotopic (exact) mass is 926 g/mol. The maximum absolute atomic E-state index is 13.1. The van der Waals surface area contributed by atoms with Gasteiger partial charge in [0.05, 0.1) is 25.4 Å². The van der Waals surface area contributed by atoms with Gasteiger partial charge in [-0.2, -0.15) is 0 Å². The van der Waals surface area contributed by atoms with Crippen LogP contribution in [0.5, 0.6) is 0 Å². The van der Waals surface area contributed by atoms with Gasteiger partial charge in [-0.25, -0.2) is 0 Å². The summed E-state index contributed by atoms with van der Waals surface area (Å²) in [5.74, 6) is -0.610. The number of ether oxygens (including phenoxy) is 2. The molecular weight excluding hydrogens is 819 g/mol. The highest BCUT2D eigenvalue weighted by atomic mass is 16.7. The third-order valence-electron chi connectivity index (χ3n) is 13.7. The highest BCUT2D eigenvalue weighted by molar-refractivity contribution is 5.80. The Morgan fingerprint density at radius 2 is 0.877 bits per heavy atom. The van der Waals surface area contributed by atoms with E-state index in [1.165, 1.54) is 205 Å². The van der Waals surface area contributed by atoms with Crippen molar-refractivity contribution in [1.82, 2.24) is 5.32 Å². The zero-order valence-electron chi connectivity index (χ0n) is 42.4. The fourth-order valence-electron chi connectivity index (χ4n) is 9.17. The summed E-state index contributed by atoms with van der Waals surface area (Å²) in [6.07, 6.45) is 44.5. The van der Waals surface area contributed by atoms with Gasteiger partial charge in [0, 0.05) is 0 Å². The molecule has 1 aliphatic rings. The van der Waals surface area contributed by atoms with Crippen molar-refractivity contribution in [3.63, 3.8) is 0 Å². The van der Waals surface area contributed by atoms with Crippen LogP contribution in [0.15, 0.2) is 12.2 Å². The average molecular weight is 926 g/mol. The van der Waals surface area contributed by atoms with Crippen LogP contribution in [0, 0.1) is 0 Å². The lowest BCUT2D eigenvalue weighted by Gasteiger charge is -2.40. The van der Waals surface area contributed by atoms with Crippen molar-refractivity contribution in [2.75, 3.05) is 13.2 Å². The number of aliphatic hydroxyl groups is 6. The molecule has 8 unspecified atom stereocenters. The van der Waals surface area contributed by atoms with Crippen LogP contribution >= 0.6 is 0 Å². The van der Waals surface area contributed by atoms with E-state index < -0.39 is 61.5 Å². The summed E-state index contributed by atoms with van der Waals surface area (Å²) < 4.78 is 11.2. The lowest BCUT2D eigenvalue weighted by atomic mass is 9.99. The zero-order chi connectivity index (χ0) is 47.4. The van der Waals surface area contributed by atoms with Gasteiger partial charge >= 0.3 is 0 Å². The van der Waals surface area contributed by atoms with Crippen LogP contribution in [0.3, 0.4) is 0 Å². The molecule has 0 spiro atoms. The summed E-state index contributed by atoms with van der Waals surface area (Å²) in [5, 5.41) is 65.0. The summed E-state index contributed by atoms with van der Waals surface area (Å²) in [4.78, 5) is 13.1. The van der Waals surface area contributed by atoms with Crippen molar-refractivity contribution in [3.05, 3.63) is 12.2 Å². The summed E-state index contributed by atoms with van der Waals surface area (Å²) in [7, 11) is 0. The minimum absolute atomic E-state index is 0.301. The molecule has 0 aromatic rings. The van der Waals surface area contributed by atoms with Gasteiger partial charge in [0.2, 0.25) is 5.91 Å². The molecule has 10 nitrogen and oxygen atoms in total. The van der Waals surface area contributed by atoms with E-state index in [1.807, 2.05) is 6.08 Å². The van der Waals surface area contributed by atoms with Crippen molar-refractivity contribution in [3.8, 4) is 0 Å². The second kappa shape index (κ2) is 45.3. The molecule has 1 amide bonds. The van der Waals surface area contributed by atoms with Crippen molar-refractivity contribution < 1.29 is 44.9 Å². The standard InChI is InChI=1S/C55H107NO9/c1-3-5-7-9-11-13-15-17-19-21-22-23-24-25-26-27-28-30-32-34-36-38-40-42-44-49(59)54(63)56-47(46-64-55-53(62)52(61)51(60)50(45-57)65-55)48(58)43-41-39-37-35-33-31-29-20-18-16-14-12-10-8-6-4-2/h41,43,47-53,55,57-62H,3-40,42,44-46H2,1-2H3,(H,56,63)/b43-41+. The van der Waals surface area contributed by atoms with Gasteiger partial charge in [-0.05, 0) is 19.3 Å². The van der Waals surface area contributed by atoms with Crippen LogP contribution in [0.25, 0.3) is 0 Å². The maximum atomic E-state index is 13.1. The van der Waals surface area contributed by atoms with Gasteiger partial charge in [0.1, 0.15) is 30.5 Å². The SMILES string of the molecule is CCCCCCCCCCCCCCCC/C=C/C(O)C(COC1OC(CO)C(O)C(O)C1O)NC(=O)C(O)CCCCCCCCCCCCCCCCCCCCCCCCCC. The maximum Gasteiger partial charge on any atom is 0.249 e. The van der Waals surface area contributed by atoms with Gasteiger partial charge in [0.15, 0.2) is 6.29 Å². The Bertz CT molecular complexity index is 1050. The van der Waals surface area contributed by atoms with Crippen molar-refractivity contribution in [2.24, 2.45) is 0 Å². The van der Waals surface area contributed by atoms with Crippen LogP contribution in [-0.4, -0.2) is 98.7 Å². The van der Waals surface area contributed by atoms with E-state index in [9.17, 15) is 35.4 Å². The summed E-state index contributed by atoms with van der Waals surface area (Å²) in [6, 6.07) is -0.976. The number of hydrogen-bond acceptors (Lipinski definition) is 9. The zero-order valence-corrected chi connectivity index (χ0v) is 42.4. The number of nitrogens with one attached hydrogen (secondary N) is 1. The number of unbranched alkanes of at least 4 members (excludes halogenated alkanes) is 37. The van der Waals surface area contributed by atoms with Crippen molar-refractivity contribution in [1.29, 1.82) is 0 Å². The fraction of sp³-hybridized carbons (Fsp3) is 0.945. The van der Waals surface area contributed by atoms with Crippen LogP contribution in [-0.2, 0) is 14.3 Å². The largest absolute Gasteiger partial charge is 0.394 e. The number of hydrogen-bond donors (Lipinski definition) is 7. The first kappa shape index (κ1) is 61.9. The van der Waals surface area contributed by atoms with E-state index in [2.05, 4.69) is 19.2 Å². The van der Waals surface area contributed by atoms with E-state index >= 15 is 0 Å². The summed E-state index contributed by atoms with van der Waals surface area (Å²) in [6.45, 7) is 3.65. The Morgan fingerprint density at radius 1 is 0.523 bits per heavy atom. The van der Waals surface area contributed by atoms with Gasteiger partial charge in [-0.1, -0.05) is 264 Å². The first-order valence-corrected chi connectivity index (χ1v) is 28.0. The minimum Gasteiger partial charge on any atom is -0.394 e. The Balaban J connectivity index is 2.26. The molecule has 1 rings (SSSR count). The topological polar surface area (TPSA) is 169 Å². The highest BCUT2D eigenvalue weighted by Gasteiger charge is 2.44. The molecule has 0 bridgehead atoms. The third kappa shape index (κ3) is 34.8. The Kier molecular flexibility index (Phi) is 43.2. The second-order valence-corrected chi connectivity index (χ2v) is 19.9. The predicted molar refractivity (Wildman–Crippen MR) is 269 cm³/mol. The second-order valence-electron chi connectivity index (χ2n) is 19.9. The number of amides is 1. The molecule has 386 valence electrons. The Morgan fingerprint density at radius 3 is 1.25 bits per heavy atom. The number of allylic oxidation sites excluding steroid dienone is 1. The first-order valence-electron chi connectivity index (χ1n) is 28.0. The molecule has 1 heterocycles. The van der Waals surface area contributed by atoms with Gasteiger partial charge in [0.25, 0.3) is 0 Å². The molecule has 0 radical (unpaired) electrons. The molecule has 1 fully saturated rings. The summed E-state index contributed by atoms with van der Waals surface area (Å²) in [5.41, 5.74) is 0. The van der Waals surface area contributed by atoms with E-state index in [1.54, 1.807) is 6.08 Å². The van der Waals surface area contributed by atoms with E-state index in [0.29, 0.717) is 6.42 Å². The lowest BCUT2D eigenvalue weighted by molar-refractivity contribution is -0.302. The van der Waals surface area contributed by atoms with Gasteiger partial charge < -0.3 is 45.4 Å². The highest BCUT2D eigenvalue weighted by Crippen LogP contribution is 2.23. The van der Waals surface area contributed by atoms with E-state index in [0.717, 1.165) is 44.9 Å². The molecule has 0 aromatic carbocycles. The molecule has 0 aromatic heterocycles. The quantitative estimate of drug-likeness (QED) is 0.0232. The Labute approximate surface area is 399 Å². The predicted octanol–water partition coefficient (Wildman–Crippen LogP) is 12.2. The number of aliphatic hydroxyl groups excluding tert-OH is 6. The molecule has 0 saturated carbocycles. The molecular formula is C55H107NO9. The fourth-order valence-corrected chi connectivity index (χ4v) is 9.17. The third-order valence-corrected chi connectivity index (χ3v) is 13.7. The van der Waals surface area contributed by atoms with Gasteiger partial charge in [-0.15, -0.1) is 0 Å². The Hall–Kier alpha value is -1.11.